The third-order valence-electron chi connectivity index (χ3n) is 5.47. The van der Waals surface area contributed by atoms with Crippen molar-refractivity contribution in [2.45, 2.75) is 27.4 Å². The first kappa shape index (κ1) is 25.6. The molecule has 8 heteroatoms. The van der Waals surface area contributed by atoms with E-state index in [9.17, 15) is 4.79 Å². The molecule has 1 aliphatic heterocycles. The highest BCUT2D eigenvalue weighted by molar-refractivity contribution is 8.27. The minimum atomic E-state index is -0.166. The Kier molecular flexibility index (Phi) is 8.07. The number of carbonyl (C=O) groups excluding carboxylic acids is 1. The van der Waals surface area contributed by atoms with Crippen LogP contribution in [-0.4, -0.2) is 16.8 Å². The summed E-state index contributed by atoms with van der Waals surface area (Å²) in [5.41, 5.74) is 4.69. The second kappa shape index (κ2) is 11.0. The number of hydrogen-bond acceptors (Lipinski definition) is 5. The fourth-order valence-corrected chi connectivity index (χ4v) is 5.22. The molecule has 0 radical (unpaired) electrons. The maximum Gasteiger partial charge on any atom is 0.270 e. The second-order valence-corrected chi connectivity index (χ2v) is 10.5. The summed E-state index contributed by atoms with van der Waals surface area (Å²) in [4.78, 5) is 15.3. The molecule has 0 N–H and O–H groups in total. The summed E-state index contributed by atoms with van der Waals surface area (Å²) in [6.45, 7) is 6.68. The van der Waals surface area contributed by atoms with Crippen molar-refractivity contribution in [3.8, 4) is 11.5 Å². The number of aryl methyl sites for hydroxylation is 2. The minimum Gasteiger partial charge on any atom is -0.490 e. The zero-order chi connectivity index (χ0) is 25.1. The van der Waals surface area contributed by atoms with E-state index in [0.29, 0.717) is 44.0 Å². The summed E-state index contributed by atoms with van der Waals surface area (Å²) in [5.74, 6) is 0.786. The summed E-state index contributed by atoms with van der Waals surface area (Å²) < 4.78 is 12.3. The molecule has 0 saturated carbocycles. The van der Waals surface area contributed by atoms with E-state index in [0.717, 1.165) is 27.9 Å². The van der Waals surface area contributed by atoms with Crippen LogP contribution in [0.15, 0.2) is 59.5 Å². The quantitative estimate of drug-likeness (QED) is 0.223. The number of carbonyl (C=O) groups is 1. The third-order valence-corrected chi connectivity index (χ3v) is 7.30. The van der Waals surface area contributed by atoms with Gasteiger partial charge in [-0.15, -0.1) is 0 Å². The predicted molar refractivity (Wildman–Crippen MR) is 150 cm³/mol. The Morgan fingerprint density at radius 3 is 2.43 bits per heavy atom. The lowest BCUT2D eigenvalue weighted by Gasteiger charge is -2.16. The Bertz CT molecular complexity index is 1320. The molecule has 0 aliphatic carbocycles. The van der Waals surface area contributed by atoms with Crippen molar-refractivity contribution in [3.05, 3.63) is 91.8 Å². The van der Waals surface area contributed by atoms with Crippen LogP contribution in [0, 0.1) is 13.8 Å². The Morgan fingerprint density at radius 1 is 1.00 bits per heavy atom. The van der Waals surface area contributed by atoms with Gasteiger partial charge in [0.2, 0.25) is 0 Å². The van der Waals surface area contributed by atoms with Gasteiger partial charge in [0.15, 0.2) is 15.8 Å². The lowest BCUT2D eigenvalue weighted by molar-refractivity contribution is -0.113. The third kappa shape index (κ3) is 5.84. The number of benzene rings is 3. The van der Waals surface area contributed by atoms with Crippen molar-refractivity contribution in [1.29, 1.82) is 0 Å². The number of halogens is 2. The predicted octanol–water partition coefficient (Wildman–Crippen LogP) is 7.99. The van der Waals surface area contributed by atoms with Gasteiger partial charge in [-0.05, 0) is 85.5 Å². The van der Waals surface area contributed by atoms with Crippen LogP contribution in [0.25, 0.3) is 6.08 Å². The monoisotopic (exact) mass is 543 g/mol. The SMILES string of the molecule is CCOc1cc(/C=C2/SC(=S)N(c3ccc(C)c(C)c3)C2=O)cc(Cl)c1OCc1ccc(Cl)cc1. The molecule has 0 unspecified atom stereocenters. The molecule has 1 fully saturated rings. The van der Waals surface area contributed by atoms with Gasteiger partial charge >= 0.3 is 0 Å². The van der Waals surface area contributed by atoms with Crippen LogP contribution < -0.4 is 14.4 Å². The van der Waals surface area contributed by atoms with E-state index in [2.05, 4.69) is 0 Å². The van der Waals surface area contributed by atoms with E-state index in [1.165, 1.54) is 11.8 Å². The Morgan fingerprint density at radius 2 is 1.74 bits per heavy atom. The average molecular weight is 545 g/mol. The molecule has 3 aromatic rings. The zero-order valence-corrected chi connectivity index (χ0v) is 22.6. The lowest BCUT2D eigenvalue weighted by atomic mass is 10.1. The molecule has 1 saturated heterocycles. The largest absolute Gasteiger partial charge is 0.490 e. The van der Waals surface area contributed by atoms with E-state index in [4.69, 9.17) is 44.9 Å². The van der Waals surface area contributed by atoms with Gasteiger partial charge < -0.3 is 9.47 Å². The summed E-state index contributed by atoms with van der Waals surface area (Å²) in [6, 6.07) is 16.8. The van der Waals surface area contributed by atoms with Crippen molar-refractivity contribution in [2.24, 2.45) is 0 Å². The van der Waals surface area contributed by atoms with Gasteiger partial charge in [0.1, 0.15) is 6.61 Å². The van der Waals surface area contributed by atoms with Gasteiger partial charge in [-0.1, -0.05) is 65.4 Å². The van der Waals surface area contributed by atoms with Crippen LogP contribution in [0.3, 0.4) is 0 Å². The molecule has 35 heavy (non-hydrogen) atoms. The Hall–Kier alpha value is -2.51. The highest BCUT2D eigenvalue weighted by atomic mass is 35.5. The molecule has 3 aromatic carbocycles. The maximum absolute atomic E-state index is 13.2. The van der Waals surface area contributed by atoms with Crippen molar-refractivity contribution in [2.75, 3.05) is 11.5 Å². The molecule has 0 bridgehead atoms. The molecular formula is C27H23Cl2NO3S2. The molecule has 4 rings (SSSR count). The number of amides is 1. The zero-order valence-electron chi connectivity index (χ0n) is 19.4. The first-order valence-electron chi connectivity index (χ1n) is 11.0. The summed E-state index contributed by atoms with van der Waals surface area (Å²) in [5, 5.41) is 1.05. The van der Waals surface area contributed by atoms with Crippen LogP contribution in [0.5, 0.6) is 11.5 Å². The van der Waals surface area contributed by atoms with Gasteiger partial charge in [-0.2, -0.15) is 0 Å². The molecule has 1 heterocycles. The van der Waals surface area contributed by atoms with E-state index in [-0.39, 0.29) is 5.91 Å². The Labute approximate surface area is 224 Å². The van der Waals surface area contributed by atoms with E-state index >= 15 is 0 Å². The van der Waals surface area contributed by atoms with Gasteiger partial charge in [0.25, 0.3) is 5.91 Å². The molecule has 1 aliphatic rings. The Balaban J connectivity index is 1.60. The fourth-order valence-electron chi connectivity index (χ4n) is 3.52. The minimum absolute atomic E-state index is 0.166. The summed E-state index contributed by atoms with van der Waals surface area (Å²) >= 11 is 19.3. The number of thiocarbonyl (C=S) groups is 1. The number of thioether (sulfide) groups is 1. The molecule has 4 nitrogen and oxygen atoms in total. The maximum atomic E-state index is 13.2. The average Bonchev–Trinajstić information content (AvgIpc) is 3.09. The number of rotatable bonds is 7. The lowest BCUT2D eigenvalue weighted by Crippen LogP contribution is -2.27. The number of nitrogens with zero attached hydrogens (tertiary/aromatic N) is 1. The van der Waals surface area contributed by atoms with Crippen LogP contribution in [0.4, 0.5) is 5.69 Å². The topological polar surface area (TPSA) is 38.8 Å². The van der Waals surface area contributed by atoms with Gasteiger partial charge in [-0.25, -0.2) is 0 Å². The van der Waals surface area contributed by atoms with Crippen molar-refractivity contribution < 1.29 is 14.3 Å². The van der Waals surface area contributed by atoms with Crippen LogP contribution in [0.1, 0.15) is 29.2 Å². The number of hydrogen-bond donors (Lipinski definition) is 0. The highest BCUT2D eigenvalue weighted by Crippen LogP contribution is 2.40. The first-order valence-corrected chi connectivity index (χ1v) is 12.9. The first-order chi connectivity index (χ1) is 16.8. The van der Waals surface area contributed by atoms with E-state index < -0.39 is 0 Å². The number of anilines is 1. The number of ether oxygens (including phenoxy) is 2. The van der Waals surface area contributed by atoms with Crippen molar-refractivity contribution in [1.82, 2.24) is 0 Å². The molecule has 0 atom stereocenters. The molecule has 180 valence electrons. The fraction of sp³-hybridized carbons (Fsp3) is 0.185. The van der Waals surface area contributed by atoms with Crippen LogP contribution >= 0.6 is 47.2 Å². The molecule has 0 aromatic heterocycles. The van der Waals surface area contributed by atoms with E-state index in [1.807, 2.05) is 69.3 Å². The molecular weight excluding hydrogens is 521 g/mol. The van der Waals surface area contributed by atoms with Crippen LogP contribution in [-0.2, 0) is 11.4 Å². The van der Waals surface area contributed by atoms with Gasteiger partial charge in [0.05, 0.1) is 22.2 Å². The van der Waals surface area contributed by atoms with Gasteiger partial charge in [-0.3, -0.25) is 9.69 Å². The van der Waals surface area contributed by atoms with Gasteiger partial charge in [0, 0.05) is 5.02 Å². The highest BCUT2D eigenvalue weighted by Gasteiger charge is 2.33. The molecule has 0 spiro atoms. The summed E-state index contributed by atoms with van der Waals surface area (Å²) in [7, 11) is 0. The smallest absolute Gasteiger partial charge is 0.270 e. The summed E-state index contributed by atoms with van der Waals surface area (Å²) in [6.07, 6.45) is 1.78. The second-order valence-electron chi connectivity index (χ2n) is 7.96. The normalized spacial score (nSPS) is 14.7. The van der Waals surface area contributed by atoms with Crippen LogP contribution in [0.2, 0.25) is 10.0 Å². The van der Waals surface area contributed by atoms with Crippen molar-refractivity contribution in [3.63, 3.8) is 0 Å². The van der Waals surface area contributed by atoms with Crippen molar-refractivity contribution >= 4 is 69.2 Å². The molecule has 1 amide bonds. The van der Waals surface area contributed by atoms with E-state index in [1.54, 1.807) is 17.0 Å². The standard InChI is InChI=1S/C27H23Cl2NO3S2/c1-4-32-23-13-19(12-22(29)25(23)33-15-18-6-8-20(28)9-7-18)14-24-26(31)30(27(34)35-24)21-10-5-16(2)17(3)11-21/h5-14H,4,15H2,1-3H3/b24-14+.